The number of alkyl halides is 3. The first-order chi connectivity index (χ1) is 18.5. The molecule has 1 aliphatic heterocycles. The van der Waals surface area contributed by atoms with Gasteiger partial charge in [-0.3, -0.25) is 9.59 Å². The fourth-order valence-electron chi connectivity index (χ4n) is 3.60. The van der Waals surface area contributed by atoms with Crippen LogP contribution in [0.25, 0.3) is 0 Å². The number of halogens is 3. The number of carbonyl (C=O) groups is 2. The lowest BCUT2D eigenvalue weighted by molar-refractivity contribution is -0.167. The van der Waals surface area contributed by atoms with E-state index in [1.807, 2.05) is 27.7 Å². The second kappa shape index (κ2) is 13.6. The van der Waals surface area contributed by atoms with Gasteiger partial charge in [-0.05, 0) is 56.5 Å². The highest BCUT2D eigenvalue weighted by molar-refractivity contribution is 8.77. The molecule has 8 nitrogen and oxygen atoms in total. The number of ether oxygens (including phenoxy) is 2. The predicted molar refractivity (Wildman–Crippen MR) is 141 cm³/mol. The number of amides is 1. The highest BCUT2D eigenvalue weighted by Gasteiger charge is 2.40. The van der Waals surface area contributed by atoms with Crippen molar-refractivity contribution in [1.82, 2.24) is 4.98 Å². The molecule has 2 heterocycles. The third kappa shape index (κ3) is 8.80. The molecule has 0 aliphatic carbocycles. The molecule has 3 rings (SSSR count). The summed E-state index contributed by atoms with van der Waals surface area (Å²) in [6.45, 7) is 0.834. The number of rotatable bonds is 11. The fraction of sp³-hybridized carbons (Fsp3) is 0.423. The van der Waals surface area contributed by atoms with Crippen molar-refractivity contribution in [3.8, 4) is 17.9 Å². The Kier molecular flexibility index (Phi) is 10.5. The van der Waals surface area contributed by atoms with E-state index in [1.165, 1.54) is 37.3 Å². The number of nitriles is 2. The maximum atomic E-state index is 13.4. The lowest BCUT2D eigenvalue weighted by Crippen LogP contribution is -2.49. The van der Waals surface area contributed by atoms with Gasteiger partial charge >= 0.3 is 12.1 Å². The van der Waals surface area contributed by atoms with Gasteiger partial charge in [-0.25, -0.2) is 4.98 Å². The summed E-state index contributed by atoms with van der Waals surface area (Å²) in [5.74, 6) is -0.194. The number of nitrogens with zero attached hydrogens (tertiary/aromatic N) is 3. The van der Waals surface area contributed by atoms with Crippen molar-refractivity contribution in [2.45, 2.75) is 56.1 Å². The Morgan fingerprint density at radius 3 is 2.54 bits per heavy atom. The zero-order valence-corrected chi connectivity index (χ0v) is 22.5. The maximum Gasteiger partial charge on any atom is 0.419 e. The molecule has 2 atom stereocenters. The molecule has 1 aromatic heterocycles. The van der Waals surface area contributed by atoms with Gasteiger partial charge in [-0.2, -0.15) is 23.7 Å². The third-order valence-electron chi connectivity index (χ3n) is 5.76. The Morgan fingerprint density at radius 2 is 1.92 bits per heavy atom. The summed E-state index contributed by atoms with van der Waals surface area (Å²) in [4.78, 5) is 29.4. The first-order valence-corrected chi connectivity index (χ1v) is 14.3. The van der Waals surface area contributed by atoms with Crippen LogP contribution in [0.1, 0.15) is 55.8 Å². The summed E-state index contributed by atoms with van der Waals surface area (Å²) in [5.41, 5.74) is -4.02. The Morgan fingerprint density at radius 1 is 1.18 bits per heavy atom. The molecule has 1 aromatic carbocycles. The lowest BCUT2D eigenvalue weighted by atomic mass is 10.1. The third-order valence-corrected chi connectivity index (χ3v) is 8.77. The second-order valence-electron chi connectivity index (χ2n) is 8.89. The molecule has 0 saturated carbocycles. The first kappa shape index (κ1) is 30.1. The molecule has 206 valence electrons. The molecular weight excluding hydrogens is 553 g/mol. The molecule has 13 heteroatoms. The highest BCUT2D eigenvalue weighted by Crippen LogP contribution is 2.40. The van der Waals surface area contributed by atoms with E-state index in [0.29, 0.717) is 23.3 Å². The van der Waals surface area contributed by atoms with Gasteiger partial charge in [0, 0.05) is 17.4 Å². The minimum absolute atomic E-state index is 0.0565. The summed E-state index contributed by atoms with van der Waals surface area (Å²) < 4.78 is 51.2. The van der Waals surface area contributed by atoms with Crippen molar-refractivity contribution in [2.24, 2.45) is 0 Å². The van der Waals surface area contributed by atoms with Crippen LogP contribution >= 0.6 is 21.6 Å². The van der Waals surface area contributed by atoms with Gasteiger partial charge < -0.3 is 14.8 Å². The van der Waals surface area contributed by atoms with Crippen LogP contribution in [-0.2, 0) is 20.5 Å². The molecule has 0 radical (unpaired) electrons. The summed E-state index contributed by atoms with van der Waals surface area (Å²) in [7, 11) is 3.68. The van der Waals surface area contributed by atoms with Gasteiger partial charge in [-0.15, -0.1) is 0 Å². The number of esters is 1. The molecule has 0 unspecified atom stereocenters. The molecule has 39 heavy (non-hydrogen) atoms. The molecule has 1 amide bonds. The SMILES string of the molecule is C[C@@](COc1ccc(C#N)cc1)(OC(=O)CCCC[C@@H]1CCSS1)C(=O)Nc1cnc(C#N)c(C(F)(F)F)c1. The lowest BCUT2D eigenvalue weighted by Gasteiger charge is -2.28. The van der Waals surface area contributed by atoms with E-state index >= 15 is 0 Å². The Bertz CT molecular complexity index is 1260. The molecular formula is C26H25F3N4O4S2. The average molecular weight is 579 g/mol. The average Bonchev–Trinajstić information content (AvgIpc) is 3.43. The minimum Gasteiger partial charge on any atom is -0.489 e. The number of anilines is 1. The number of hydrogen-bond donors (Lipinski definition) is 1. The van der Waals surface area contributed by atoms with Crippen molar-refractivity contribution in [2.75, 3.05) is 17.7 Å². The fourth-order valence-corrected chi connectivity index (χ4v) is 6.63. The van der Waals surface area contributed by atoms with E-state index in [0.717, 1.165) is 31.2 Å². The van der Waals surface area contributed by atoms with Gasteiger partial charge in [0.05, 0.1) is 29.1 Å². The number of aromatic nitrogens is 1. The first-order valence-electron chi connectivity index (χ1n) is 12.0. The zero-order valence-electron chi connectivity index (χ0n) is 20.9. The predicted octanol–water partition coefficient (Wildman–Crippen LogP) is 5.88. The Labute approximate surface area is 231 Å². The zero-order chi connectivity index (χ0) is 28.5. The van der Waals surface area contributed by atoms with E-state index in [2.05, 4.69) is 10.3 Å². The van der Waals surface area contributed by atoms with Crippen LogP contribution in [0.15, 0.2) is 36.5 Å². The maximum absolute atomic E-state index is 13.4. The van der Waals surface area contributed by atoms with Crippen molar-refractivity contribution in [3.05, 3.63) is 53.3 Å². The quantitative estimate of drug-likeness (QED) is 0.198. The number of benzene rings is 1. The number of hydrogen-bond acceptors (Lipinski definition) is 9. The largest absolute Gasteiger partial charge is 0.489 e. The number of pyridine rings is 1. The van der Waals surface area contributed by atoms with Gasteiger partial charge in [0.25, 0.3) is 5.91 Å². The van der Waals surface area contributed by atoms with Crippen LogP contribution in [-0.4, -0.2) is 40.1 Å². The van der Waals surface area contributed by atoms with E-state index in [1.54, 1.807) is 0 Å². The number of unbranched alkanes of at least 4 members (excludes halogenated alkanes) is 1. The van der Waals surface area contributed by atoms with Crippen LogP contribution in [0.5, 0.6) is 5.75 Å². The van der Waals surface area contributed by atoms with E-state index in [-0.39, 0.29) is 17.9 Å². The van der Waals surface area contributed by atoms with Gasteiger partial charge in [-0.1, -0.05) is 28.0 Å². The second-order valence-corrected chi connectivity index (χ2v) is 11.7. The van der Waals surface area contributed by atoms with Gasteiger partial charge in [0.15, 0.2) is 5.69 Å². The van der Waals surface area contributed by atoms with Crippen LogP contribution in [0.4, 0.5) is 18.9 Å². The Balaban J connectivity index is 1.72. The Hall–Kier alpha value is -3.42. The van der Waals surface area contributed by atoms with E-state index < -0.39 is 41.5 Å². The van der Waals surface area contributed by atoms with E-state index in [9.17, 15) is 22.8 Å². The van der Waals surface area contributed by atoms with Crippen LogP contribution in [0.3, 0.4) is 0 Å². The molecule has 1 fully saturated rings. The molecule has 1 saturated heterocycles. The normalized spacial score (nSPS) is 16.4. The van der Waals surface area contributed by atoms with Crippen LogP contribution in [0.2, 0.25) is 0 Å². The molecule has 1 N–H and O–H groups in total. The molecule has 2 aromatic rings. The monoisotopic (exact) mass is 578 g/mol. The summed E-state index contributed by atoms with van der Waals surface area (Å²) in [5, 5.41) is 20.8. The molecule has 0 spiro atoms. The topological polar surface area (TPSA) is 125 Å². The standard InChI is InChI=1S/C26H25F3N4O4S2/c1-25(16-36-19-8-6-17(13-30)7-9-19,37-23(34)5-3-2-4-20-10-11-38-39-20)24(35)33-18-12-21(26(27,28)29)22(14-31)32-15-18/h6-9,12,15,20H,2-5,10-11,16H2,1H3,(H,33,35)/t20-,25+/m1/s1. The van der Waals surface area contributed by atoms with Crippen molar-refractivity contribution in [1.29, 1.82) is 10.5 Å². The van der Waals surface area contributed by atoms with Crippen LogP contribution in [0, 0.1) is 22.7 Å². The summed E-state index contributed by atoms with van der Waals surface area (Å²) in [6, 6.07) is 9.93. The van der Waals surface area contributed by atoms with E-state index in [4.69, 9.17) is 20.0 Å². The van der Waals surface area contributed by atoms with Gasteiger partial charge in [0.1, 0.15) is 18.4 Å². The minimum atomic E-state index is -4.87. The van der Waals surface area contributed by atoms with Crippen molar-refractivity contribution >= 4 is 39.2 Å². The summed E-state index contributed by atoms with van der Waals surface area (Å²) >= 11 is 0. The number of nitrogens with one attached hydrogen (secondary N) is 1. The molecule has 0 bridgehead atoms. The molecule has 1 aliphatic rings. The van der Waals surface area contributed by atoms with Gasteiger partial charge in [0.2, 0.25) is 5.60 Å². The van der Waals surface area contributed by atoms with Crippen molar-refractivity contribution < 1.29 is 32.2 Å². The van der Waals surface area contributed by atoms with Crippen molar-refractivity contribution in [3.63, 3.8) is 0 Å². The highest BCUT2D eigenvalue weighted by atomic mass is 33.1. The smallest absolute Gasteiger partial charge is 0.419 e. The number of carbonyl (C=O) groups excluding carboxylic acids is 2. The van der Waals surface area contributed by atoms with Crippen LogP contribution < -0.4 is 10.1 Å². The summed E-state index contributed by atoms with van der Waals surface area (Å²) in [6.07, 6.45) is -0.431.